The van der Waals surface area contributed by atoms with E-state index in [1.54, 1.807) is 11.8 Å². The van der Waals surface area contributed by atoms with E-state index in [9.17, 15) is 0 Å². The maximum Gasteiger partial charge on any atom is 0.191 e. The van der Waals surface area contributed by atoms with E-state index in [1.165, 1.54) is 11.1 Å². The number of aryl methyl sites for hydroxylation is 1. The Kier molecular flexibility index (Phi) is 5.87. The average Bonchev–Trinajstić information content (AvgIpc) is 2.51. The maximum atomic E-state index is 4.50. The number of hydrogen-bond acceptors (Lipinski definition) is 5. The molecule has 0 unspecified atom stereocenters. The highest BCUT2D eigenvalue weighted by Crippen LogP contribution is 2.18. The number of hydrogen-bond donors (Lipinski definition) is 2. The Bertz CT molecular complexity index is 586. The lowest BCUT2D eigenvalue weighted by Gasteiger charge is -2.10. The van der Waals surface area contributed by atoms with Crippen LogP contribution in [-0.2, 0) is 6.54 Å². The monoisotopic (exact) mass is 302 g/mol. The van der Waals surface area contributed by atoms with E-state index in [2.05, 4.69) is 58.7 Å². The number of anilines is 2. The van der Waals surface area contributed by atoms with Gasteiger partial charge in [0.15, 0.2) is 5.16 Å². The minimum atomic E-state index is 0.764. The van der Waals surface area contributed by atoms with Crippen LogP contribution in [0, 0.1) is 6.92 Å². The van der Waals surface area contributed by atoms with E-state index in [-0.39, 0.29) is 0 Å². The van der Waals surface area contributed by atoms with Crippen LogP contribution in [0.1, 0.15) is 24.5 Å². The summed E-state index contributed by atoms with van der Waals surface area (Å²) in [5.74, 6) is 1.73. The molecule has 5 heteroatoms. The molecule has 2 N–H and O–H groups in total. The summed E-state index contributed by atoms with van der Waals surface area (Å²) in [5, 5.41) is 7.47. The van der Waals surface area contributed by atoms with Crippen LogP contribution in [0.4, 0.5) is 11.6 Å². The van der Waals surface area contributed by atoms with Crippen LogP contribution in [0.3, 0.4) is 0 Å². The van der Waals surface area contributed by atoms with E-state index >= 15 is 0 Å². The van der Waals surface area contributed by atoms with Crippen molar-refractivity contribution in [3.05, 3.63) is 41.5 Å². The first-order valence-corrected chi connectivity index (χ1v) is 8.40. The molecule has 2 aromatic rings. The quantitative estimate of drug-likeness (QED) is 0.599. The Morgan fingerprint density at radius 3 is 2.52 bits per heavy atom. The van der Waals surface area contributed by atoms with Gasteiger partial charge >= 0.3 is 0 Å². The van der Waals surface area contributed by atoms with Crippen LogP contribution in [0.25, 0.3) is 0 Å². The van der Waals surface area contributed by atoms with Crippen molar-refractivity contribution in [1.29, 1.82) is 0 Å². The molecule has 1 aromatic heterocycles. The van der Waals surface area contributed by atoms with E-state index in [4.69, 9.17) is 0 Å². The third-order valence-electron chi connectivity index (χ3n) is 3.00. The number of nitrogens with zero attached hydrogens (tertiary/aromatic N) is 2. The van der Waals surface area contributed by atoms with Crippen molar-refractivity contribution in [2.75, 3.05) is 23.4 Å². The largest absolute Gasteiger partial charge is 0.370 e. The highest BCUT2D eigenvalue weighted by molar-refractivity contribution is 7.98. The van der Waals surface area contributed by atoms with Crippen LogP contribution in [-0.4, -0.2) is 22.8 Å². The summed E-state index contributed by atoms with van der Waals surface area (Å²) in [6, 6.07) is 10.4. The van der Waals surface area contributed by atoms with Gasteiger partial charge < -0.3 is 10.6 Å². The standard InChI is InChI=1S/C16H22N4S/c1-4-8-17-14-10-15(20-16(19-14)21-3)18-11-13-7-5-6-12(2)9-13/h5-7,9-10H,4,8,11H2,1-3H3,(H2,17,18,19,20). The Balaban J connectivity index is 2.07. The highest BCUT2D eigenvalue weighted by Gasteiger charge is 2.04. The Labute approximate surface area is 130 Å². The lowest BCUT2D eigenvalue weighted by atomic mass is 10.1. The first-order valence-electron chi connectivity index (χ1n) is 7.17. The normalized spacial score (nSPS) is 10.4. The number of rotatable bonds is 7. The lowest BCUT2D eigenvalue weighted by Crippen LogP contribution is -2.07. The lowest BCUT2D eigenvalue weighted by molar-refractivity contribution is 0.921. The van der Waals surface area contributed by atoms with Gasteiger partial charge in [0.1, 0.15) is 11.6 Å². The fraction of sp³-hybridized carbons (Fsp3) is 0.375. The van der Waals surface area contributed by atoms with Crippen LogP contribution in [0.2, 0.25) is 0 Å². The van der Waals surface area contributed by atoms with Gasteiger partial charge in [-0.3, -0.25) is 0 Å². The molecule has 4 nitrogen and oxygen atoms in total. The van der Waals surface area contributed by atoms with Gasteiger partial charge in [-0.1, -0.05) is 48.5 Å². The van der Waals surface area contributed by atoms with Gasteiger partial charge in [0, 0.05) is 19.2 Å². The van der Waals surface area contributed by atoms with Crippen molar-refractivity contribution in [1.82, 2.24) is 9.97 Å². The SMILES string of the molecule is CCCNc1cc(NCc2cccc(C)c2)nc(SC)n1. The zero-order valence-electron chi connectivity index (χ0n) is 12.8. The summed E-state index contributed by atoms with van der Waals surface area (Å²) in [5.41, 5.74) is 2.52. The van der Waals surface area contributed by atoms with Crippen molar-refractivity contribution in [3.63, 3.8) is 0 Å². The second-order valence-electron chi connectivity index (χ2n) is 4.89. The number of aromatic nitrogens is 2. The minimum absolute atomic E-state index is 0.764. The molecule has 0 amide bonds. The average molecular weight is 302 g/mol. The van der Waals surface area contributed by atoms with Crippen molar-refractivity contribution in [2.24, 2.45) is 0 Å². The van der Waals surface area contributed by atoms with Crippen molar-refractivity contribution in [2.45, 2.75) is 32.0 Å². The van der Waals surface area contributed by atoms with Gasteiger partial charge in [-0.15, -0.1) is 0 Å². The molecular formula is C16H22N4S. The predicted molar refractivity (Wildman–Crippen MR) is 91.1 cm³/mol. The zero-order chi connectivity index (χ0) is 15.1. The molecule has 0 bridgehead atoms. The van der Waals surface area contributed by atoms with Crippen molar-refractivity contribution in [3.8, 4) is 0 Å². The third-order valence-corrected chi connectivity index (χ3v) is 3.55. The van der Waals surface area contributed by atoms with E-state index in [0.29, 0.717) is 0 Å². The predicted octanol–water partition coefficient (Wildman–Crippen LogP) is 3.94. The molecule has 21 heavy (non-hydrogen) atoms. The fourth-order valence-electron chi connectivity index (χ4n) is 1.97. The van der Waals surface area contributed by atoms with Crippen molar-refractivity contribution >= 4 is 23.4 Å². The number of thioether (sulfide) groups is 1. The van der Waals surface area contributed by atoms with Crippen LogP contribution < -0.4 is 10.6 Å². The van der Waals surface area contributed by atoms with E-state index in [1.807, 2.05) is 12.3 Å². The molecule has 0 aliphatic rings. The minimum Gasteiger partial charge on any atom is -0.370 e. The molecule has 0 spiro atoms. The smallest absolute Gasteiger partial charge is 0.191 e. The molecule has 0 radical (unpaired) electrons. The summed E-state index contributed by atoms with van der Waals surface area (Å²) in [7, 11) is 0. The topological polar surface area (TPSA) is 49.8 Å². The molecule has 0 fully saturated rings. The summed E-state index contributed by atoms with van der Waals surface area (Å²) in [4.78, 5) is 8.96. The molecule has 0 saturated carbocycles. The van der Waals surface area contributed by atoms with Crippen LogP contribution in [0.15, 0.2) is 35.5 Å². The van der Waals surface area contributed by atoms with Gasteiger partial charge in [0.25, 0.3) is 0 Å². The molecule has 0 atom stereocenters. The Morgan fingerprint density at radius 1 is 1.10 bits per heavy atom. The molecule has 2 rings (SSSR count). The molecule has 1 heterocycles. The maximum absolute atomic E-state index is 4.50. The third kappa shape index (κ3) is 4.93. The van der Waals surface area contributed by atoms with Gasteiger partial charge in [0.05, 0.1) is 0 Å². The molecule has 1 aromatic carbocycles. The van der Waals surface area contributed by atoms with Gasteiger partial charge in [-0.25, -0.2) is 9.97 Å². The second kappa shape index (κ2) is 7.88. The summed E-state index contributed by atoms with van der Waals surface area (Å²) < 4.78 is 0. The van der Waals surface area contributed by atoms with Gasteiger partial charge in [0.2, 0.25) is 0 Å². The van der Waals surface area contributed by atoms with Gasteiger partial charge in [-0.05, 0) is 25.2 Å². The second-order valence-corrected chi connectivity index (χ2v) is 5.67. The van der Waals surface area contributed by atoms with Crippen molar-refractivity contribution < 1.29 is 0 Å². The van der Waals surface area contributed by atoms with Crippen LogP contribution >= 0.6 is 11.8 Å². The van der Waals surface area contributed by atoms with E-state index < -0.39 is 0 Å². The first-order chi connectivity index (χ1) is 10.2. The first kappa shape index (κ1) is 15.6. The zero-order valence-corrected chi connectivity index (χ0v) is 13.6. The summed E-state index contributed by atoms with van der Waals surface area (Å²) in [6.45, 7) is 5.93. The van der Waals surface area contributed by atoms with Gasteiger partial charge in [-0.2, -0.15) is 0 Å². The Morgan fingerprint density at radius 2 is 1.86 bits per heavy atom. The number of benzene rings is 1. The summed E-state index contributed by atoms with van der Waals surface area (Å²) >= 11 is 1.55. The number of nitrogens with one attached hydrogen (secondary N) is 2. The molecule has 0 saturated heterocycles. The summed E-state index contributed by atoms with van der Waals surface area (Å²) in [6.07, 6.45) is 3.06. The highest BCUT2D eigenvalue weighted by atomic mass is 32.2. The Hall–Kier alpha value is -1.75. The fourth-order valence-corrected chi connectivity index (χ4v) is 2.34. The molecule has 112 valence electrons. The molecule has 0 aliphatic carbocycles. The van der Waals surface area contributed by atoms with E-state index in [0.717, 1.165) is 36.3 Å². The molecule has 0 aliphatic heterocycles. The molecular weight excluding hydrogens is 280 g/mol. The van der Waals surface area contributed by atoms with Crippen LogP contribution in [0.5, 0.6) is 0 Å².